The van der Waals surface area contributed by atoms with E-state index in [2.05, 4.69) is 62.3 Å². The molecule has 0 unspecified atom stereocenters. The van der Waals surface area contributed by atoms with E-state index in [9.17, 15) is 0 Å². The number of piperidine rings is 1. The van der Waals surface area contributed by atoms with Crippen LogP contribution in [-0.4, -0.2) is 31.2 Å². The molecule has 0 amide bonds. The van der Waals surface area contributed by atoms with Crippen LogP contribution >= 0.6 is 15.9 Å². The van der Waals surface area contributed by atoms with Crippen molar-refractivity contribution in [3.63, 3.8) is 0 Å². The lowest BCUT2D eigenvalue weighted by atomic mass is 9.96. The van der Waals surface area contributed by atoms with Crippen LogP contribution in [0.2, 0.25) is 0 Å². The van der Waals surface area contributed by atoms with Crippen LogP contribution in [0.25, 0.3) is 10.8 Å². The summed E-state index contributed by atoms with van der Waals surface area (Å²) in [7, 11) is 0. The second-order valence-electron chi connectivity index (χ2n) is 5.71. The molecular weight excluding hydrogens is 326 g/mol. The van der Waals surface area contributed by atoms with E-state index in [1.165, 1.54) is 23.6 Å². The summed E-state index contributed by atoms with van der Waals surface area (Å²) in [5.74, 6) is 1.94. The van der Waals surface area contributed by atoms with E-state index in [0.29, 0.717) is 0 Å². The van der Waals surface area contributed by atoms with E-state index < -0.39 is 0 Å². The van der Waals surface area contributed by atoms with Gasteiger partial charge in [-0.25, -0.2) is 4.98 Å². The van der Waals surface area contributed by atoms with Crippen molar-refractivity contribution in [1.82, 2.24) is 10.3 Å². The van der Waals surface area contributed by atoms with Gasteiger partial charge < -0.3 is 10.2 Å². The van der Waals surface area contributed by atoms with Gasteiger partial charge in [0, 0.05) is 34.5 Å². The molecule has 1 aromatic carbocycles. The summed E-state index contributed by atoms with van der Waals surface area (Å²) in [6, 6.07) is 8.44. The quantitative estimate of drug-likeness (QED) is 0.910. The fourth-order valence-electron chi connectivity index (χ4n) is 3.10. The molecule has 1 aliphatic heterocycles. The lowest BCUT2D eigenvalue weighted by molar-refractivity contribution is 0.386. The Labute approximate surface area is 134 Å². The van der Waals surface area contributed by atoms with Crippen molar-refractivity contribution in [2.45, 2.75) is 19.8 Å². The Balaban J connectivity index is 1.78. The number of halogens is 1. The highest BCUT2D eigenvalue weighted by atomic mass is 79.9. The predicted octanol–water partition coefficient (Wildman–Crippen LogP) is 3.82. The number of anilines is 1. The van der Waals surface area contributed by atoms with Crippen LogP contribution < -0.4 is 10.2 Å². The summed E-state index contributed by atoms with van der Waals surface area (Å²) < 4.78 is 1.14. The van der Waals surface area contributed by atoms with E-state index >= 15 is 0 Å². The van der Waals surface area contributed by atoms with Crippen molar-refractivity contribution in [1.29, 1.82) is 0 Å². The maximum absolute atomic E-state index is 4.65. The second-order valence-corrected chi connectivity index (χ2v) is 6.56. The molecule has 3 rings (SSSR count). The highest BCUT2D eigenvalue weighted by Crippen LogP contribution is 2.31. The number of pyridine rings is 1. The van der Waals surface area contributed by atoms with Crippen LogP contribution in [0.4, 0.5) is 5.82 Å². The van der Waals surface area contributed by atoms with Crippen LogP contribution in [0.15, 0.2) is 34.9 Å². The Morgan fingerprint density at radius 3 is 2.81 bits per heavy atom. The van der Waals surface area contributed by atoms with Gasteiger partial charge in [0.1, 0.15) is 5.82 Å². The average Bonchev–Trinajstić information content (AvgIpc) is 2.53. The van der Waals surface area contributed by atoms with Gasteiger partial charge in [0.15, 0.2) is 0 Å². The Bertz CT molecular complexity index is 606. The van der Waals surface area contributed by atoms with Gasteiger partial charge in [0.25, 0.3) is 0 Å². The first-order valence-electron chi connectivity index (χ1n) is 7.78. The van der Waals surface area contributed by atoms with E-state index in [1.807, 2.05) is 6.20 Å². The lowest BCUT2D eigenvalue weighted by Crippen LogP contribution is -2.37. The Hall–Kier alpha value is -1.13. The number of aromatic nitrogens is 1. The van der Waals surface area contributed by atoms with Crippen LogP contribution in [0, 0.1) is 5.92 Å². The first kappa shape index (κ1) is 14.8. The molecule has 0 spiro atoms. The molecule has 1 fully saturated rings. The van der Waals surface area contributed by atoms with Crippen molar-refractivity contribution < 1.29 is 0 Å². The molecular formula is C17H22BrN3. The molecule has 2 heterocycles. The SMILES string of the molecule is CCNCC1CCN(c2nccc3c(Br)cccc23)CC1. The molecule has 1 N–H and O–H groups in total. The van der Waals surface area contributed by atoms with Crippen LogP contribution in [0.5, 0.6) is 0 Å². The summed E-state index contributed by atoms with van der Waals surface area (Å²) in [6.07, 6.45) is 4.42. The summed E-state index contributed by atoms with van der Waals surface area (Å²) in [4.78, 5) is 7.09. The minimum atomic E-state index is 0.808. The molecule has 3 nitrogen and oxygen atoms in total. The van der Waals surface area contributed by atoms with E-state index in [0.717, 1.165) is 42.4 Å². The largest absolute Gasteiger partial charge is 0.356 e. The standard InChI is InChI=1S/C17H22BrN3/c1-2-19-12-13-7-10-21(11-8-13)17-15-4-3-5-16(18)14(15)6-9-20-17/h3-6,9,13,19H,2,7-8,10-12H2,1H3. The molecule has 21 heavy (non-hydrogen) atoms. The minimum Gasteiger partial charge on any atom is -0.356 e. The zero-order valence-corrected chi connectivity index (χ0v) is 14.1. The smallest absolute Gasteiger partial charge is 0.136 e. The highest BCUT2D eigenvalue weighted by Gasteiger charge is 2.21. The molecule has 1 saturated heterocycles. The topological polar surface area (TPSA) is 28.2 Å². The summed E-state index contributed by atoms with van der Waals surface area (Å²) >= 11 is 3.64. The zero-order valence-electron chi connectivity index (χ0n) is 12.5. The minimum absolute atomic E-state index is 0.808. The number of benzene rings is 1. The summed E-state index contributed by atoms with van der Waals surface area (Å²) in [5, 5.41) is 5.96. The number of nitrogens with one attached hydrogen (secondary N) is 1. The third-order valence-electron chi connectivity index (χ3n) is 4.33. The Morgan fingerprint density at radius 1 is 1.24 bits per heavy atom. The fourth-order valence-corrected chi connectivity index (χ4v) is 3.60. The van der Waals surface area contributed by atoms with Gasteiger partial charge in [-0.2, -0.15) is 0 Å². The van der Waals surface area contributed by atoms with Gasteiger partial charge in [0.2, 0.25) is 0 Å². The third kappa shape index (κ3) is 3.22. The predicted molar refractivity (Wildman–Crippen MR) is 92.9 cm³/mol. The monoisotopic (exact) mass is 347 g/mol. The van der Waals surface area contributed by atoms with Gasteiger partial charge in [-0.3, -0.25) is 0 Å². The molecule has 1 aromatic heterocycles. The maximum Gasteiger partial charge on any atom is 0.136 e. The normalized spacial score (nSPS) is 16.6. The van der Waals surface area contributed by atoms with Gasteiger partial charge in [-0.05, 0) is 44.0 Å². The Kier molecular flexibility index (Phi) is 4.76. The fraction of sp³-hybridized carbons (Fsp3) is 0.471. The number of rotatable bonds is 4. The first-order chi connectivity index (χ1) is 10.3. The zero-order chi connectivity index (χ0) is 14.7. The number of fused-ring (bicyclic) bond motifs is 1. The van der Waals surface area contributed by atoms with Crippen molar-refractivity contribution in [3.05, 3.63) is 34.9 Å². The molecule has 0 bridgehead atoms. The van der Waals surface area contributed by atoms with Crippen molar-refractivity contribution >= 4 is 32.5 Å². The van der Waals surface area contributed by atoms with Crippen molar-refractivity contribution in [2.24, 2.45) is 5.92 Å². The number of hydrogen-bond donors (Lipinski definition) is 1. The van der Waals surface area contributed by atoms with Gasteiger partial charge in [0.05, 0.1) is 0 Å². The average molecular weight is 348 g/mol. The Morgan fingerprint density at radius 2 is 2.05 bits per heavy atom. The molecule has 0 atom stereocenters. The lowest BCUT2D eigenvalue weighted by Gasteiger charge is -2.33. The highest BCUT2D eigenvalue weighted by molar-refractivity contribution is 9.10. The van der Waals surface area contributed by atoms with E-state index in [4.69, 9.17) is 0 Å². The summed E-state index contributed by atoms with van der Waals surface area (Å²) in [6.45, 7) is 6.61. The first-order valence-corrected chi connectivity index (χ1v) is 8.57. The van der Waals surface area contributed by atoms with Crippen LogP contribution in [0.3, 0.4) is 0 Å². The molecule has 2 aromatic rings. The van der Waals surface area contributed by atoms with Gasteiger partial charge in [-0.15, -0.1) is 0 Å². The van der Waals surface area contributed by atoms with Crippen molar-refractivity contribution in [2.75, 3.05) is 31.1 Å². The second kappa shape index (κ2) is 6.75. The molecule has 0 saturated carbocycles. The third-order valence-corrected chi connectivity index (χ3v) is 5.02. The molecule has 0 aliphatic carbocycles. The maximum atomic E-state index is 4.65. The van der Waals surface area contributed by atoms with Crippen LogP contribution in [0.1, 0.15) is 19.8 Å². The molecule has 4 heteroatoms. The number of nitrogens with zero attached hydrogens (tertiary/aromatic N) is 2. The molecule has 1 aliphatic rings. The van der Waals surface area contributed by atoms with Crippen molar-refractivity contribution in [3.8, 4) is 0 Å². The van der Waals surface area contributed by atoms with Gasteiger partial charge in [-0.1, -0.05) is 35.0 Å². The molecule has 112 valence electrons. The summed E-state index contributed by atoms with van der Waals surface area (Å²) in [5.41, 5.74) is 0. The van der Waals surface area contributed by atoms with Gasteiger partial charge >= 0.3 is 0 Å². The number of hydrogen-bond acceptors (Lipinski definition) is 3. The van der Waals surface area contributed by atoms with Crippen LogP contribution in [-0.2, 0) is 0 Å². The van der Waals surface area contributed by atoms with E-state index in [1.54, 1.807) is 0 Å². The van der Waals surface area contributed by atoms with E-state index in [-0.39, 0.29) is 0 Å². The molecule has 0 radical (unpaired) electrons.